The minimum Gasteiger partial charge on any atom is -0.303 e. The van der Waals surface area contributed by atoms with E-state index in [1.165, 1.54) is 12.2 Å². The van der Waals surface area contributed by atoms with Crippen LogP contribution < -0.4 is 0 Å². The van der Waals surface area contributed by atoms with Gasteiger partial charge in [-0.25, -0.2) is 0 Å². The average molecular weight is 232 g/mol. The molecule has 0 bridgehead atoms. The molecule has 0 aromatic carbocycles. The van der Waals surface area contributed by atoms with Crippen LogP contribution in [0, 0.1) is 0 Å². The van der Waals surface area contributed by atoms with Gasteiger partial charge in [0.05, 0.1) is 13.2 Å². The summed E-state index contributed by atoms with van der Waals surface area (Å²) in [5, 5.41) is 0. The van der Waals surface area contributed by atoms with Gasteiger partial charge in [-0.3, -0.25) is 9.36 Å². The Hall–Kier alpha value is -0.700. The van der Waals surface area contributed by atoms with Crippen molar-refractivity contribution in [2.45, 2.75) is 20.8 Å². The lowest BCUT2D eigenvalue weighted by molar-refractivity contribution is -0.109. The topological polar surface area (TPSA) is 52.6 Å². The smallest absolute Gasteiger partial charge is 0.303 e. The lowest BCUT2D eigenvalue weighted by Crippen LogP contribution is -2.04. The van der Waals surface area contributed by atoms with E-state index in [0.29, 0.717) is 0 Å². The van der Waals surface area contributed by atoms with Crippen LogP contribution in [0.5, 0.6) is 0 Å². The molecule has 0 saturated carbocycles. The van der Waals surface area contributed by atoms with E-state index >= 15 is 0 Å². The third kappa shape index (κ3) is 5.07. The number of hydrogen-bond acceptors (Lipinski definition) is 4. The number of carbonyl (C=O) groups excluding carboxylic acids is 1. The summed E-state index contributed by atoms with van der Waals surface area (Å²) in [4.78, 5) is 11.5. The van der Waals surface area contributed by atoms with Crippen molar-refractivity contribution in [1.29, 1.82) is 0 Å². The quantitative estimate of drug-likeness (QED) is 0.384. The Morgan fingerprint density at radius 2 is 1.73 bits per heavy atom. The van der Waals surface area contributed by atoms with E-state index in [2.05, 4.69) is 0 Å². The fraction of sp³-hybridized carbons (Fsp3) is 0.500. The van der Waals surface area contributed by atoms with Gasteiger partial charge in [0.1, 0.15) is 0 Å². The summed E-state index contributed by atoms with van der Waals surface area (Å²) < 4.78 is 21.6. The van der Waals surface area contributed by atoms with Crippen molar-refractivity contribution in [2.75, 3.05) is 13.2 Å². The van der Waals surface area contributed by atoms with Gasteiger partial charge in [-0.15, -0.1) is 0 Å². The van der Waals surface area contributed by atoms with Crippen LogP contribution in [-0.4, -0.2) is 18.7 Å². The zero-order valence-corrected chi connectivity index (χ0v) is 10.2. The van der Waals surface area contributed by atoms with Gasteiger partial charge in [-0.05, 0) is 26.8 Å². The molecule has 0 radical (unpaired) electrons. The monoisotopic (exact) mass is 232 g/mol. The highest BCUT2D eigenvalue weighted by molar-refractivity contribution is 7.72. The molecule has 0 rings (SSSR count). The molecule has 0 atom stereocenters. The van der Waals surface area contributed by atoms with Crippen LogP contribution in [0.2, 0.25) is 0 Å². The predicted molar refractivity (Wildman–Crippen MR) is 59.8 cm³/mol. The number of carbonyl (C=O) groups is 1. The highest BCUT2D eigenvalue weighted by Crippen LogP contribution is 2.49. The predicted octanol–water partition coefficient (Wildman–Crippen LogP) is 2.91. The largest absolute Gasteiger partial charge is 0.400 e. The van der Waals surface area contributed by atoms with Crippen LogP contribution >= 0.6 is 7.60 Å². The van der Waals surface area contributed by atoms with Gasteiger partial charge in [0.25, 0.3) is 5.52 Å². The van der Waals surface area contributed by atoms with Gasteiger partial charge in [0.2, 0.25) is 0 Å². The molecule has 86 valence electrons. The third-order valence-electron chi connectivity index (χ3n) is 1.41. The highest BCUT2D eigenvalue weighted by Gasteiger charge is 2.31. The number of rotatable bonds is 7. The fourth-order valence-corrected chi connectivity index (χ4v) is 2.12. The first-order valence-corrected chi connectivity index (χ1v) is 6.38. The zero-order valence-electron chi connectivity index (χ0n) is 9.30. The molecule has 0 aromatic rings. The van der Waals surface area contributed by atoms with Gasteiger partial charge >= 0.3 is 7.60 Å². The first-order valence-electron chi connectivity index (χ1n) is 4.83. The molecule has 4 nitrogen and oxygen atoms in total. The summed E-state index contributed by atoms with van der Waals surface area (Å²) >= 11 is 0. The molecule has 0 aliphatic carbocycles. The Morgan fingerprint density at radius 3 is 2.13 bits per heavy atom. The van der Waals surface area contributed by atoms with Crippen molar-refractivity contribution in [2.24, 2.45) is 0 Å². The summed E-state index contributed by atoms with van der Waals surface area (Å²) in [5.74, 6) is 0. The Morgan fingerprint density at radius 1 is 1.20 bits per heavy atom. The van der Waals surface area contributed by atoms with Gasteiger partial charge in [-0.2, -0.15) is 0 Å². The molecular formula is C10H17O4P. The summed E-state index contributed by atoms with van der Waals surface area (Å²) in [6, 6.07) is 0. The van der Waals surface area contributed by atoms with Crippen LogP contribution in [-0.2, 0) is 18.4 Å². The van der Waals surface area contributed by atoms with E-state index < -0.39 is 13.1 Å². The molecule has 15 heavy (non-hydrogen) atoms. The minimum absolute atomic E-state index is 0.181. The van der Waals surface area contributed by atoms with Crippen molar-refractivity contribution >= 4 is 13.1 Å². The van der Waals surface area contributed by atoms with Crippen molar-refractivity contribution < 1.29 is 18.4 Å². The molecule has 0 saturated heterocycles. The standard InChI is InChI=1S/C10H17O4P/c1-4-7-8-9-10(11)15(12,13-5-2)14-6-3/h4,7-9H,5-6H2,1-3H3. The van der Waals surface area contributed by atoms with E-state index in [1.54, 1.807) is 26.0 Å². The summed E-state index contributed by atoms with van der Waals surface area (Å²) in [6.07, 6.45) is 6.13. The third-order valence-corrected chi connectivity index (χ3v) is 3.30. The lowest BCUT2D eigenvalue weighted by atomic mass is 10.4. The fourth-order valence-electron chi connectivity index (χ4n) is 0.845. The average Bonchev–Trinajstić information content (AvgIpc) is 2.18. The van der Waals surface area contributed by atoms with E-state index in [4.69, 9.17) is 9.05 Å². The maximum absolute atomic E-state index is 11.8. The van der Waals surface area contributed by atoms with Crippen LogP contribution in [0.4, 0.5) is 0 Å². The van der Waals surface area contributed by atoms with E-state index in [9.17, 15) is 9.36 Å². The van der Waals surface area contributed by atoms with Gasteiger partial charge in [0, 0.05) is 0 Å². The Balaban J connectivity index is 4.62. The van der Waals surface area contributed by atoms with Crippen molar-refractivity contribution in [3.8, 4) is 0 Å². The number of hydrogen-bond donors (Lipinski definition) is 0. The van der Waals surface area contributed by atoms with Crippen LogP contribution in [0.15, 0.2) is 24.3 Å². The molecule has 0 heterocycles. The van der Waals surface area contributed by atoms with Crippen molar-refractivity contribution in [1.82, 2.24) is 0 Å². The number of allylic oxidation sites excluding steroid dienone is 4. The highest BCUT2D eigenvalue weighted by atomic mass is 31.2. The Bertz CT molecular complexity index is 284. The van der Waals surface area contributed by atoms with Gasteiger partial charge in [0.15, 0.2) is 0 Å². The lowest BCUT2D eigenvalue weighted by Gasteiger charge is -2.12. The molecular weight excluding hydrogens is 215 g/mol. The Kier molecular flexibility index (Phi) is 7.22. The van der Waals surface area contributed by atoms with E-state index in [1.807, 2.05) is 6.92 Å². The summed E-state index contributed by atoms with van der Waals surface area (Å²) in [6.45, 7) is 5.50. The van der Waals surface area contributed by atoms with Gasteiger partial charge < -0.3 is 9.05 Å². The molecule has 0 spiro atoms. The summed E-state index contributed by atoms with van der Waals surface area (Å²) in [7, 11) is -3.61. The molecule has 0 aliphatic heterocycles. The Labute approximate surface area is 90.5 Å². The van der Waals surface area contributed by atoms with Crippen LogP contribution in [0.1, 0.15) is 20.8 Å². The molecule has 5 heteroatoms. The van der Waals surface area contributed by atoms with Gasteiger partial charge in [-0.1, -0.05) is 18.2 Å². The first kappa shape index (κ1) is 14.3. The van der Waals surface area contributed by atoms with Crippen LogP contribution in [0.3, 0.4) is 0 Å². The van der Waals surface area contributed by atoms with Crippen LogP contribution in [0.25, 0.3) is 0 Å². The van der Waals surface area contributed by atoms with E-state index in [-0.39, 0.29) is 13.2 Å². The SMILES string of the molecule is CC=CC=CC(=O)P(=O)(OCC)OCC. The second kappa shape index (κ2) is 7.57. The molecule has 0 unspecified atom stereocenters. The minimum atomic E-state index is -3.61. The molecule has 0 aliphatic rings. The zero-order chi connectivity index (χ0) is 11.7. The maximum Gasteiger partial charge on any atom is 0.400 e. The van der Waals surface area contributed by atoms with Crippen molar-refractivity contribution in [3.05, 3.63) is 24.3 Å². The summed E-state index contributed by atoms with van der Waals surface area (Å²) in [5.41, 5.74) is -0.621. The van der Waals surface area contributed by atoms with Crippen molar-refractivity contribution in [3.63, 3.8) is 0 Å². The second-order valence-electron chi connectivity index (χ2n) is 2.56. The maximum atomic E-state index is 11.8. The van der Waals surface area contributed by atoms with E-state index in [0.717, 1.165) is 0 Å². The second-order valence-corrected chi connectivity index (χ2v) is 4.51. The normalized spacial score (nSPS) is 12.7. The molecule has 0 fully saturated rings. The first-order chi connectivity index (χ1) is 7.10. The molecule has 0 amide bonds. The molecule has 0 aromatic heterocycles. The molecule has 0 N–H and O–H groups in total.